The van der Waals surface area contributed by atoms with Crippen molar-refractivity contribution < 1.29 is 0 Å². The second-order valence-electron chi connectivity index (χ2n) is 5.60. The van der Waals surface area contributed by atoms with Crippen molar-refractivity contribution in [2.45, 2.75) is 44.7 Å². The van der Waals surface area contributed by atoms with E-state index in [0.29, 0.717) is 12.1 Å². The second kappa shape index (κ2) is 5.94. The number of benzene rings is 1. The lowest BCUT2D eigenvalue weighted by molar-refractivity contribution is 0.409. The van der Waals surface area contributed by atoms with Gasteiger partial charge in [-0.3, -0.25) is 0 Å². The quantitative estimate of drug-likeness (QED) is 0.902. The number of hydrogen-bond acceptors (Lipinski definition) is 4. The highest BCUT2D eigenvalue weighted by Crippen LogP contribution is 2.25. The molecule has 3 nitrogen and oxygen atoms in total. The van der Waals surface area contributed by atoms with Crippen LogP contribution in [-0.2, 0) is 0 Å². The van der Waals surface area contributed by atoms with Gasteiger partial charge >= 0.3 is 0 Å². The maximum Gasteiger partial charge on any atom is 0.0901 e. The monoisotopic (exact) mass is 287 g/mol. The maximum absolute atomic E-state index is 6.03. The molecule has 106 valence electrons. The zero-order valence-corrected chi connectivity index (χ0v) is 12.6. The van der Waals surface area contributed by atoms with E-state index >= 15 is 0 Å². The van der Waals surface area contributed by atoms with Crippen LogP contribution in [0.3, 0.4) is 0 Å². The van der Waals surface area contributed by atoms with E-state index in [2.05, 4.69) is 39.9 Å². The summed E-state index contributed by atoms with van der Waals surface area (Å²) in [7, 11) is 0. The Kier molecular flexibility index (Phi) is 4.03. The molecule has 1 aromatic carbocycles. The molecule has 2 unspecified atom stereocenters. The summed E-state index contributed by atoms with van der Waals surface area (Å²) in [6, 6.07) is 9.44. The molecule has 3 rings (SSSR count). The fourth-order valence-corrected chi connectivity index (χ4v) is 3.45. The molecular formula is C16H21N3S. The van der Waals surface area contributed by atoms with Gasteiger partial charge in [-0.15, -0.1) is 11.3 Å². The molecule has 1 heterocycles. The van der Waals surface area contributed by atoms with E-state index in [1.54, 1.807) is 11.3 Å². The topological polar surface area (TPSA) is 50.9 Å². The predicted molar refractivity (Wildman–Crippen MR) is 86.1 cm³/mol. The van der Waals surface area contributed by atoms with E-state index < -0.39 is 0 Å². The highest BCUT2D eigenvalue weighted by molar-refractivity contribution is 7.09. The van der Waals surface area contributed by atoms with Crippen LogP contribution in [0.4, 0.5) is 5.69 Å². The molecule has 1 aliphatic rings. The number of aryl methyl sites for hydroxylation is 1. The van der Waals surface area contributed by atoms with Crippen molar-refractivity contribution >= 4 is 17.0 Å². The van der Waals surface area contributed by atoms with Crippen LogP contribution in [0.2, 0.25) is 0 Å². The standard InChI is InChI=1S/C16H21N3S/c1-11-18-16(10-20-11)12-5-7-14(8-6-12)19-15-4-2-3-13(17)9-15/h5-8,10,13,15,19H,2-4,9,17H2,1H3. The van der Waals surface area contributed by atoms with Gasteiger partial charge in [-0.1, -0.05) is 12.1 Å². The smallest absolute Gasteiger partial charge is 0.0901 e. The van der Waals surface area contributed by atoms with E-state index in [1.807, 2.05) is 6.92 Å². The largest absolute Gasteiger partial charge is 0.382 e. The van der Waals surface area contributed by atoms with Gasteiger partial charge in [-0.25, -0.2) is 4.98 Å². The van der Waals surface area contributed by atoms with Gasteiger partial charge < -0.3 is 11.1 Å². The van der Waals surface area contributed by atoms with Gasteiger partial charge in [0.25, 0.3) is 0 Å². The fourth-order valence-electron chi connectivity index (χ4n) is 2.83. The molecule has 2 atom stereocenters. The normalized spacial score (nSPS) is 22.7. The Hall–Kier alpha value is -1.39. The Balaban J connectivity index is 1.67. The molecule has 1 aliphatic carbocycles. The minimum absolute atomic E-state index is 0.360. The van der Waals surface area contributed by atoms with E-state index in [9.17, 15) is 0 Å². The zero-order valence-electron chi connectivity index (χ0n) is 11.8. The molecule has 0 spiro atoms. The number of anilines is 1. The number of rotatable bonds is 3. The van der Waals surface area contributed by atoms with Crippen molar-refractivity contribution in [3.8, 4) is 11.3 Å². The molecule has 2 aromatic rings. The third kappa shape index (κ3) is 3.19. The van der Waals surface area contributed by atoms with E-state index in [1.165, 1.54) is 30.5 Å². The van der Waals surface area contributed by atoms with Crippen molar-refractivity contribution in [2.24, 2.45) is 5.73 Å². The number of nitrogens with one attached hydrogen (secondary N) is 1. The van der Waals surface area contributed by atoms with Crippen molar-refractivity contribution in [2.75, 3.05) is 5.32 Å². The lowest BCUT2D eigenvalue weighted by Crippen LogP contribution is -2.34. The van der Waals surface area contributed by atoms with Gasteiger partial charge in [-0.2, -0.15) is 0 Å². The molecule has 1 saturated carbocycles. The Morgan fingerprint density at radius 3 is 2.70 bits per heavy atom. The minimum Gasteiger partial charge on any atom is -0.382 e. The van der Waals surface area contributed by atoms with Gasteiger partial charge in [0.1, 0.15) is 0 Å². The van der Waals surface area contributed by atoms with Crippen LogP contribution in [-0.4, -0.2) is 17.1 Å². The Morgan fingerprint density at radius 2 is 2.05 bits per heavy atom. The van der Waals surface area contributed by atoms with E-state index in [0.717, 1.165) is 17.1 Å². The molecule has 1 fully saturated rings. The first kappa shape index (κ1) is 13.6. The number of thiazole rings is 1. The molecule has 0 saturated heterocycles. The summed E-state index contributed by atoms with van der Waals surface area (Å²) < 4.78 is 0. The van der Waals surface area contributed by atoms with Gasteiger partial charge in [0, 0.05) is 28.7 Å². The number of hydrogen-bond donors (Lipinski definition) is 2. The highest BCUT2D eigenvalue weighted by Gasteiger charge is 2.18. The summed E-state index contributed by atoms with van der Waals surface area (Å²) >= 11 is 1.69. The van der Waals surface area contributed by atoms with Crippen LogP contribution in [0.1, 0.15) is 30.7 Å². The molecule has 3 N–H and O–H groups in total. The van der Waals surface area contributed by atoms with Crippen molar-refractivity contribution in [3.05, 3.63) is 34.7 Å². The van der Waals surface area contributed by atoms with Crippen LogP contribution in [0.5, 0.6) is 0 Å². The van der Waals surface area contributed by atoms with Gasteiger partial charge in [0.05, 0.1) is 10.7 Å². The third-order valence-electron chi connectivity index (χ3n) is 3.89. The van der Waals surface area contributed by atoms with Gasteiger partial charge in [-0.05, 0) is 44.7 Å². The van der Waals surface area contributed by atoms with Crippen LogP contribution < -0.4 is 11.1 Å². The predicted octanol–water partition coefficient (Wildman–Crippen LogP) is 3.80. The first-order valence-corrected chi connectivity index (χ1v) is 8.13. The lowest BCUT2D eigenvalue weighted by Gasteiger charge is -2.28. The summed E-state index contributed by atoms with van der Waals surface area (Å²) in [6.45, 7) is 2.04. The minimum atomic E-state index is 0.360. The lowest BCUT2D eigenvalue weighted by atomic mass is 9.91. The summed E-state index contributed by atoms with van der Waals surface area (Å²) in [5.41, 5.74) is 9.46. The fraction of sp³-hybridized carbons (Fsp3) is 0.438. The average molecular weight is 287 g/mol. The summed E-state index contributed by atoms with van der Waals surface area (Å²) in [5.74, 6) is 0. The Labute approximate surface area is 124 Å². The number of aromatic nitrogens is 1. The van der Waals surface area contributed by atoms with Gasteiger partial charge in [0.15, 0.2) is 0 Å². The van der Waals surface area contributed by atoms with Crippen molar-refractivity contribution in [1.82, 2.24) is 4.98 Å². The van der Waals surface area contributed by atoms with Crippen LogP contribution in [0.15, 0.2) is 29.6 Å². The SMILES string of the molecule is Cc1nc(-c2ccc(NC3CCCC(N)C3)cc2)cs1. The van der Waals surface area contributed by atoms with Crippen LogP contribution in [0.25, 0.3) is 11.3 Å². The molecule has 20 heavy (non-hydrogen) atoms. The van der Waals surface area contributed by atoms with Crippen LogP contribution >= 0.6 is 11.3 Å². The van der Waals surface area contributed by atoms with Crippen LogP contribution in [0, 0.1) is 6.92 Å². The van der Waals surface area contributed by atoms with E-state index in [4.69, 9.17) is 5.73 Å². The zero-order chi connectivity index (χ0) is 13.9. The second-order valence-corrected chi connectivity index (χ2v) is 6.66. The molecule has 1 aromatic heterocycles. The number of nitrogens with two attached hydrogens (primary N) is 1. The summed E-state index contributed by atoms with van der Waals surface area (Å²) in [4.78, 5) is 4.52. The first-order valence-electron chi connectivity index (χ1n) is 7.25. The molecule has 0 radical (unpaired) electrons. The molecule has 0 bridgehead atoms. The third-order valence-corrected chi connectivity index (χ3v) is 4.66. The molecule has 0 aliphatic heterocycles. The number of nitrogens with zero attached hydrogens (tertiary/aromatic N) is 1. The van der Waals surface area contributed by atoms with Crippen molar-refractivity contribution in [3.63, 3.8) is 0 Å². The maximum atomic E-state index is 6.03. The average Bonchev–Trinajstić information content (AvgIpc) is 2.86. The van der Waals surface area contributed by atoms with E-state index in [-0.39, 0.29) is 0 Å². The molecular weight excluding hydrogens is 266 g/mol. The van der Waals surface area contributed by atoms with Crippen molar-refractivity contribution in [1.29, 1.82) is 0 Å². The highest BCUT2D eigenvalue weighted by atomic mass is 32.1. The van der Waals surface area contributed by atoms with Gasteiger partial charge in [0.2, 0.25) is 0 Å². The first-order chi connectivity index (χ1) is 9.70. The Bertz CT molecular complexity index is 561. The summed E-state index contributed by atoms with van der Waals surface area (Å²) in [6.07, 6.45) is 4.70. The summed E-state index contributed by atoms with van der Waals surface area (Å²) in [5, 5.41) is 6.82. The molecule has 0 amide bonds. The molecule has 4 heteroatoms. The Morgan fingerprint density at radius 1 is 1.25 bits per heavy atom.